The molecule has 0 aliphatic carbocycles. The summed E-state index contributed by atoms with van der Waals surface area (Å²) in [4.78, 5) is 7.31. The zero-order valence-corrected chi connectivity index (χ0v) is 18.0. The molecule has 0 radical (unpaired) electrons. The van der Waals surface area contributed by atoms with E-state index in [9.17, 15) is 0 Å². The zero-order chi connectivity index (χ0) is 20.1. The van der Waals surface area contributed by atoms with Gasteiger partial charge < -0.3 is 9.88 Å². The van der Waals surface area contributed by atoms with Gasteiger partial charge in [-0.15, -0.1) is 9.24 Å². The van der Waals surface area contributed by atoms with E-state index in [0.29, 0.717) is 0 Å². The highest BCUT2D eigenvalue weighted by molar-refractivity contribution is 8.55. The molecule has 2 nitrogen and oxygen atoms in total. The average Bonchev–Trinajstić information content (AvgIpc) is 3.32. The van der Waals surface area contributed by atoms with Gasteiger partial charge in [0.1, 0.15) is 0 Å². The highest BCUT2D eigenvalue weighted by Crippen LogP contribution is 2.68. The molecule has 0 amide bonds. The summed E-state index contributed by atoms with van der Waals surface area (Å²) >= 11 is 0. The molecule has 2 aliphatic rings. The van der Waals surface area contributed by atoms with Crippen molar-refractivity contribution in [1.82, 2.24) is 4.98 Å². The number of aromatic amines is 1. The van der Waals surface area contributed by atoms with E-state index in [1.807, 2.05) is 0 Å². The van der Waals surface area contributed by atoms with Crippen molar-refractivity contribution in [1.29, 1.82) is 0 Å². The van der Waals surface area contributed by atoms with Crippen LogP contribution in [0.1, 0.15) is 5.56 Å². The summed E-state index contributed by atoms with van der Waals surface area (Å²) in [7, 11) is 5.78. The van der Waals surface area contributed by atoms with E-state index in [1.54, 1.807) is 0 Å². The van der Waals surface area contributed by atoms with E-state index in [4.69, 9.17) is 10.7 Å². The van der Waals surface area contributed by atoms with Gasteiger partial charge in [-0.2, -0.15) is 0 Å². The molecule has 3 heterocycles. The van der Waals surface area contributed by atoms with Crippen molar-refractivity contribution in [2.45, 2.75) is 5.75 Å². The van der Waals surface area contributed by atoms with Crippen molar-refractivity contribution in [2.75, 3.05) is 11.4 Å². The number of hydrogen-bond acceptors (Lipinski definition) is 1. The van der Waals surface area contributed by atoms with Crippen molar-refractivity contribution >= 4 is 47.4 Å². The lowest BCUT2D eigenvalue weighted by Crippen LogP contribution is -2.23. The molecular formula is C26H21ClN2S. The lowest BCUT2D eigenvalue weighted by Gasteiger charge is -2.35. The molecule has 4 heteroatoms. The van der Waals surface area contributed by atoms with E-state index in [0.717, 1.165) is 12.3 Å². The second-order valence-corrected chi connectivity index (χ2v) is 11.9. The predicted octanol–water partition coefficient (Wildman–Crippen LogP) is 7.59. The fourth-order valence-electron chi connectivity index (χ4n) is 4.49. The van der Waals surface area contributed by atoms with Crippen LogP contribution in [0.4, 0.5) is 5.69 Å². The second kappa shape index (κ2) is 6.83. The number of aromatic nitrogens is 1. The zero-order valence-electron chi connectivity index (χ0n) is 16.4. The molecule has 0 saturated carbocycles. The topological polar surface area (TPSA) is 19.0 Å². The number of allylic oxidation sites excluding steroid dienone is 3. The van der Waals surface area contributed by atoms with Crippen molar-refractivity contribution in [3.8, 4) is 0 Å². The number of halogens is 1. The first-order valence-corrected chi connectivity index (χ1v) is 12.8. The minimum absolute atomic E-state index is 0.818. The Morgan fingerprint density at radius 2 is 1.67 bits per heavy atom. The van der Waals surface area contributed by atoms with Crippen molar-refractivity contribution < 1.29 is 0 Å². The Morgan fingerprint density at radius 3 is 2.57 bits per heavy atom. The minimum Gasteiger partial charge on any atom is -0.353 e. The van der Waals surface area contributed by atoms with E-state index >= 15 is 0 Å². The van der Waals surface area contributed by atoms with Crippen LogP contribution in [0, 0.1) is 0 Å². The summed E-state index contributed by atoms with van der Waals surface area (Å²) in [6.07, 6.45) is 6.60. The molecule has 3 aromatic carbocycles. The number of hydrogen-bond donors (Lipinski definition) is 1. The molecule has 6 rings (SSSR count). The molecule has 1 unspecified atom stereocenters. The van der Waals surface area contributed by atoms with Crippen molar-refractivity contribution in [3.05, 3.63) is 113 Å². The second-order valence-electron chi connectivity index (χ2n) is 7.83. The largest absolute Gasteiger partial charge is 0.353 e. The number of anilines is 1. The van der Waals surface area contributed by atoms with Crippen molar-refractivity contribution in [2.24, 2.45) is 0 Å². The highest BCUT2D eigenvalue weighted by Gasteiger charge is 2.33. The number of H-pyrrole nitrogens is 1. The number of fused-ring (bicyclic) bond motifs is 3. The van der Waals surface area contributed by atoms with Crippen LogP contribution in [0.25, 0.3) is 21.8 Å². The number of rotatable bonds is 3. The Hall–Kier alpha value is -2.88. The van der Waals surface area contributed by atoms with Gasteiger partial charge in [-0.1, -0.05) is 71.3 Å². The van der Waals surface area contributed by atoms with Gasteiger partial charge in [-0.3, -0.25) is 0 Å². The van der Waals surface area contributed by atoms with E-state index in [1.165, 1.54) is 43.5 Å². The average molecular weight is 429 g/mol. The van der Waals surface area contributed by atoms with Gasteiger partial charge in [0.25, 0.3) is 0 Å². The molecule has 0 saturated heterocycles. The summed E-state index contributed by atoms with van der Waals surface area (Å²) in [5.41, 5.74) is 6.11. The van der Waals surface area contributed by atoms with Crippen LogP contribution in [0.3, 0.4) is 0 Å². The molecular weight excluding hydrogens is 408 g/mol. The van der Waals surface area contributed by atoms with Gasteiger partial charge in [0, 0.05) is 33.1 Å². The summed E-state index contributed by atoms with van der Waals surface area (Å²) in [6.45, 7) is 0.818. The number of para-hydroxylation sites is 2. The van der Waals surface area contributed by atoms with E-state index in [-0.39, 0.29) is 0 Å². The van der Waals surface area contributed by atoms with Gasteiger partial charge in [0.15, 0.2) is 0 Å². The van der Waals surface area contributed by atoms with Crippen LogP contribution < -0.4 is 4.90 Å². The molecule has 148 valence electrons. The predicted molar refractivity (Wildman–Crippen MR) is 132 cm³/mol. The fraction of sp³-hybridized carbons (Fsp3) is 0.0769. The van der Waals surface area contributed by atoms with Crippen LogP contribution in [0.2, 0.25) is 0 Å². The summed E-state index contributed by atoms with van der Waals surface area (Å²) in [5.74, 6) is 0.878. The Labute approximate surface area is 182 Å². The maximum atomic E-state index is 7.28. The molecule has 1 aromatic heterocycles. The van der Waals surface area contributed by atoms with Gasteiger partial charge in [0.2, 0.25) is 0 Å². The van der Waals surface area contributed by atoms with Crippen molar-refractivity contribution in [3.63, 3.8) is 0 Å². The van der Waals surface area contributed by atoms with Gasteiger partial charge in [-0.05, 0) is 40.8 Å². The van der Waals surface area contributed by atoms with Gasteiger partial charge >= 0.3 is 0 Å². The highest BCUT2D eigenvalue weighted by atomic mass is 35.7. The third-order valence-corrected chi connectivity index (χ3v) is 9.69. The van der Waals surface area contributed by atoms with Gasteiger partial charge in [-0.25, -0.2) is 0 Å². The number of nitrogens with one attached hydrogen (secondary N) is 1. The summed E-state index contributed by atoms with van der Waals surface area (Å²) in [6, 6.07) is 25.6. The first-order chi connectivity index (χ1) is 14.7. The Bertz CT molecular complexity index is 1370. The molecule has 1 N–H and O–H groups in total. The lowest BCUT2D eigenvalue weighted by atomic mass is 10.1. The Kier molecular flexibility index (Phi) is 4.08. The SMILES string of the molecule is ClS1(Cc2ccccc2)C=CC2=C1CN(c1cccc3c1[nH]c1ccccc13)C=C2. The molecule has 30 heavy (non-hydrogen) atoms. The maximum Gasteiger partial charge on any atom is 0.0706 e. The van der Waals surface area contributed by atoms with E-state index < -0.39 is 9.24 Å². The molecule has 0 bridgehead atoms. The molecule has 4 aromatic rings. The van der Waals surface area contributed by atoms with E-state index in [2.05, 4.69) is 106 Å². The minimum atomic E-state index is -1.51. The van der Waals surface area contributed by atoms with Crippen LogP contribution in [-0.2, 0) is 5.75 Å². The number of nitrogens with zero attached hydrogens (tertiary/aromatic N) is 1. The third-order valence-electron chi connectivity index (χ3n) is 5.99. The van der Waals surface area contributed by atoms with Gasteiger partial charge in [0.05, 0.1) is 17.7 Å². The monoisotopic (exact) mass is 428 g/mol. The molecule has 1 atom stereocenters. The Balaban J connectivity index is 1.38. The molecule has 2 aliphatic heterocycles. The number of benzene rings is 3. The van der Waals surface area contributed by atoms with Crippen LogP contribution in [0.5, 0.6) is 0 Å². The first kappa shape index (κ1) is 17.9. The standard InChI is InChI=1S/C26H21ClN2S/c27-30(18-19-7-2-1-3-8-19)16-14-20-13-15-29(17-25(20)30)24-12-6-10-22-21-9-4-5-11-23(21)28-26(22)24/h1-16,28H,17-18H2. The Morgan fingerprint density at radius 1 is 0.867 bits per heavy atom. The molecule has 0 fully saturated rings. The fourth-order valence-corrected chi connectivity index (χ4v) is 7.79. The van der Waals surface area contributed by atoms with Crippen LogP contribution in [-0.4, -0.2) is 11.5 Å². The lowest BCUT2D eigenvalue weighted by molar-refractivity contribution is 1.05. The van der Waals surface area contributed by atoms with Crippen LogP contribution >= 0.6 is 19.9 Å². The quantitative estimate of drug-likeness (QED) is 0.356. The molecule has 0 spiro atoms. The smallest absolute Gasteiger partial charge is 0.0706 e. The van der Waals surface area contributed by atoms with Crippen LogP contribution in [0.15, 0.2) is 107 Å². The normalized spacial score (nSPS) is 22.6. The summed E-state index contributed by atoms with van der Waals surface area (Å²) in [5, 5.41) is 4.76. The summed E-state index contributed by atoms with van der Waals surface area (Å²) < 4.78 is 0. The maximum absolute atomic E-state index is 7.28. The first-order valence-electron chi connectivity index (χ1n) is 10.1. The third kappa shape index (κ3) is 2.81.